The monoisotopic (exact) mass is 290 g/mol. The molecule has 1 aromatic rings. The first-order chi connectivity index (χ1) is 10.2. The molecule has 4 nitrogen and oxygen atoms in total. The van der Waals surface area contributed by atoms with E-state index < -0.39 is 0 Å². The Morgan fingerprint density at radius 3 is 2.43 bits per heavy atom. The van der Waals surface area contributed by atoms with Crippen LogP contribution in [0.2, 0.25) is 0 Å². The normalized spacial score (nSPS) is 18.4. The molecule has 0 spiro atoms. The van der Waals surface area contributed by atoms with Crippen LogP contribution in [0.15, 0.2) is 24.3 Å². The van der Waals surface area contributed by atoms with E-state index in [4.69, 9.17) is 4.74 Å². The van der Waals surface area contributed by atoms with Gasteiger partial charge in [-0.1, -0.05) is 31.4 Å². The Kier molecular flexibility index (Phi) is 6.05. The molecule has 0 saturated carbocycles. The van der Waals surface area contributed by atoms with Gasteiger partial charge < -0.3 is 10.1 Å². The summed E-state index contributed by atoms with van der Waals surface area (Å²) in [4.78, 5) is 14.8. The van der Waals surface area contributed by atoms with E-state index in [1.165, 1.54) is 32.1 Å². The van der Waals surface area contributed by atoms with Crippen molar-refractivity contribution >= 4 is 11.6 Å². The quantitative estimate of drug-likeness (QED) is 0.925. The summed E-state index contributed by atoms with van der Waals surface area (Å²) < 4.78 is 5.28. The third-order valence-electron chi connectivity index (χ3n) is 4.18. The van der Waals surface area contributed by atoms with Crippen molar-refractivity contribution in [1.29, 1.82) is 0 Å². The number of nitrogens with one attached hydrogen (secondary N) is 1. The molecule has 0 bridgehead atoms. The number of methoxy groups -OCH3 is 1. The molecule has 2 rings (SSSR count). The van der Waals surface area contributed by atoms with Gasteiger partial charge in [-0.15, -0.1) is 0 Å². The number of nitrogens with zero attached hydrogens (tertiary/aromatic N) is 1. The number of benzene rings is 1. The lowest BCUT2D eigenvalue weighted by Gasteiger charge is -2.29. The molecule has 1 aliphatic heterocycles. The van der Waals surface area contributed by atoms with Crippen LogP contribution in [0.25, 0.3) is 0 Å². The van der Waals surface area contributed by atoms with Crippen LogP contribution in [-0.4, -0.2) is 37.0 Å². The summed E-state index contributed by atoms with van der Waals surface area (Å²) in [7, 11) is 1.62. The summed E-state index contributed by atoms with van der Waals surface area (Å²) in [6, 6.07) is 7.43. The predicted molar refractivity (Wildman–Crippen MR) is 85.7 cm³/mol. The minimum absolute atomic E-state index is 0.0417. The number of likely N-dealkylation sites (tertiary alicyclic amines) is 1. The molecular formula is C17H26N2O2. The molecule has 1 aliphatic rings. The summed E-state index contributed by atoms with van der Waals surface area (Å²) in [5, 5.41) is 2.99. The molecule has 1 aromatic carbocycles. The van der Waals surface area contributed by atoms with Gasteiger partial charge >= 0.3 is 0 Å². The molecule has 0 aliphatic carbocycles. The first-order valence-electron chi connectivity index (χ1n) is 7.90. The summed E-state index contributed by atoms with van der Waals surface area (Å²) in [6.07, 6.45) is 6.25. The van der Waals surface area contributed by atoms with E-state index in [-0.39, 0.29) is 11.9 Å². The molecular weight excluding hydrogens is 264 g/mol. The second kappa shape index (κ2) is 8.03. The van der Waals surface area contributed by atoms with E-state index >= 15 is 0 Å². The second-order valence-electron chi connectivity index (χ2n) is 5.67. The maximum Gasteiger partial charge on any atom is 0.241 e. The maximum absolute atomic E-state index is 12.5. The number of ether oxygens (including phenoxy) is 1. The van der Waals surface area contributed by atoms with E-state index in [1.54, 1.807) is 7.11 Å². The van der Waals surface area contributed by atoms with Gasteiger partial charge in [0.25, 0.3) is 0 Å². The topological polar surface area (TPSA) is 41.6 Å². The van der Waals surface area contributed by atoms with Crippen LogP contribution in [0.1, 0.15) is 39.0 Å². The number of hydrogen-bond acceptors (Lipinski definition) is 3. The van der Waals surface area contributed by atoms with Crippen molar-refractivity contribution in [2.45, 2.75) is 45.1 Å². The van der Waals surface area contributed by atoms with Crippen molar-refractivity contribution < 1.29 is 9.53 Å². The Bertz CT molecular complexity index is 454. The molecule has 116 valence electrons. The predicted octanol–water partition coefficient (Wildman–Crippen LogP) is 3.29. The summed E-state index contributed by atoms with van der Waals surface area (Å²) in [5.41, 5.74) is 0.740. The Hall–Kier alpha value is -1.55. The zero-order valence-electron chi connectivity index (χ0n) is 13.1. The number of para-hydroxylation sites is 2. The molecule has 0 unspecified atom stereocenters. The Morgan fingerprint density at radius 1 is 1.14 bits per heavy atom. The van der Waals surface area contributed by atoms with Crippen LogP contribution in [0.3, 0.4) is 0 Å². The van der Waals surface area contributed by atoms with E-state index in [1.807, 2.05) is 31.2 Å². The fourth-order valence-corrected chi connectivity index (χ4v) is 2.81. The number of carbonyl (C=O) groups is 1. The first kappa shape index (κ1) is 15.8. The lowest BCUT2D eigenvalue weighted by atomic mass is 10.1. The number of hydrogen-bond donors (Lipinski definition) is 1. The molecule has 1 atom stereocenters. The molecule has 1 fully saturated rings. The van der Waals surface area contributed by atoms with Crippen molar-refractivity contribution in [3.8, 4) is 5.75 Å². The molecule has 1 amide bonds. The van der Waals surface area contributed by atoms with E-state index in [9.17, 15) is 4.79 Å². The van der Waals surface area contributed by atoms with Gasteiger partial charge in [0.15, 0.2) is 0 Å². The molecule has 0 radical (unpaired) electrons. The summed E-state index contributed by atoms with van der Waals surface area (Å²) >= 11 is 0. The Morgan fingerprint density at radius 2 is 1.76 bits per heavy atom. The first-order valence-corrected chi connectivity index (χ1v) is 7.90. The lowest BCUT2D eigenvalue weighted by molar-refractivity contribution is -0.120. The van der Waals surface area contributed by atoms with E-state index in [0.717, 1.165) is 18.8 Å². The molecule has 1 N–H and O–H groups in total. The largest absolute Gasteiger partial charge is 0.495 e. The van der Waals surface area contributed by atoms with Gasteiger partial charge in [0.1, 0.15) is 5.75 Å². The molecule has 1 saturated heterocycles. The van der Waals surface area contributed by atoms with Gasteiger partial charge in [-0.3, -0.25) is 9.69 Å². The van der Waals surface area contributed by atoms with Gasteiger partial charge in [-0.05, 0) is 45.0 Å². The Balaban J connectivity index is 1.97. The zero-order chi connectivity index (χ0) is 15.1. The smallest absolute Gasteiger partial charge is 0.241 e. The number of rotatable bonds is 4. The molecule has 21 heavy (non-hydrogen) atoms. The minimum Gasteiger partial charge on any atom is -0.495 e. The average Bonchev–Trinajstić information content (AvgIpc) is 2.47. The molecule has 1 heterocycles. The minimum atomic E-state index is -0.104. The van der Waals surface area contributed by atoms with Crippen LogP contribution in [-0.2, 0) is 4.79 Å². The van der Waals surface area contributed by atoms with Crippen molar-refractivity contribution in [2.24, 2.45) is 0 Å². The van der Waals surface area contributed by atoms with Gasteiger partial charge in [-0.2, -0.15) is 0 Å². The SMILES string of the molecule is COc1ccccc1NC(=O)[C@@H](C)N1CCCCCCC1. The van der Waals surface area contributed by atoms with Crippen LogP contribution in [0.4, 0.5) is 5.69 Å². The maximum atomic E-state index is 12.5. The average molecular weight is 290 g/mol. The highest BCUT2D eigenvalue weighted by Crippen LogP contribution is 2.23. The van der Waals surface area contributed by atoms with Crippen LogP contribution >= 0.6 is 0 Å². The molecule has 4 heteroatoms. The standard InChI is InChI=1S/C17H26N2O2/c1-14(19-12-8-4-3-5-9-13-19)17(20)18-15-10-6-7-11-16(15)21-2/h6-7,10-11,14H,3-5,8-9,12-13H2,1-2H3,(H,18,20)/t14-/m1/s1. The van der Waals surface area contributed by atoms with Gasteiger partial charge in [-0.25, -0.2) is 0 Å². The van der Waals surface area contributed by atoms with Crippen molar-refractivity contribution in [1.82, 2.24) is 4.90 Å². The van der Waals surface area contributed by atoms with E-state index in [2.05, 4.69) is 10.2 Å². The summed E-state index contributed by atoms with van der Waals surface area (Å²) in [5.74, 6) is 0.741. The zero-order valence-corrected chi connectivity index (χ0v) is 13.1. The van der Waals surface area contributed by atoms with Gasteiger partial charge in [0.05, 0.1) is 18.8 Å². The highest BCUT2D eigenvalue weighted by Gasteiger charge is 2.22. The number of amides is 1. The highest BCUT2D eigenvalue weighted by atomic mass is 16.5. The van der Waals surface area contributed by atoms with Crippen LogP contribution < -0.4 is 10.1 Å². The van der Waals surface area contributed by atoms with Gasteiger partial charge in [0, 0.05) is 0 Å². The van der Waals surface area contributed by atoms with Crippen LogP contribution in [0.5, 0.6) is 5.75 Å². The van der Waals surface area contributed by atoms with Crippen molar-refractivity contribution in [3.05, 3.63) is 24.3 Å². The highest BCUT2D eigenvalue weighted by molar-refractivity contribution is 5.95. The fourth-order valence-electron chi connectivity index (χ4n) is 2.81. The van der Waals surface area contributed by atoms with Crippen molar-refractivity contribution in [2.75, 3.05) is 25.5 Å². The fraction of sp³-hybridized carbons (Fsp3) is 0.588. The third kappa shape index (κ3) is 4.46. The van der Waals surface area contributed by atoms with Gasteiger partial charge in [0.2, 0.25) is 5.91 Å². The Labute approximate surface area is 127 Å². The summed E-state index contributed by atoms with van der Waals surface area (Å²) in [6.45, 7) is 4.02. The molecule has 0 aromatic heterocycles. The number of carbonyl (C=O) groups excluding carboxylic acids is 1. The van der Waals surface area contributed by atoms with Crippen LogP contribution in [0, 0.1) is 0 Å². The van der Waals surface area contributed by atoms with E-state index in [0.29, 0.717) is 5.75 Å². The third-order valence-corrected chi connectivity index (χ3v) is 4.18. The van der Waals surface area contributed by atoms with Crippen molar-refractivity contribution in [3.63, 3.8) is 0 Å². The number of anilines is 1. The second-order valence-corrected chi connectivity index (χ2v) is 5.67. The lowest BCUT2D eigenvalue weighted by Crippen LogP contribution is -2.43.